The number of aryl methyl sites for hydroxylation is 1. The fourth-order valence-corrected chi connectivity index (χ4v) is 4.18. The molecule has 0 spiro atoms. The van der Waals surface area contributed by atoms with Crippen LogP contribution < -0.4 is 0 Å². The number of aromatic nitrogens is 2. The molecule has 1 aromatic heterocycles. The molecule has 140 valence electrons. The van der Waals surface area contributed by atoms with Crippen molar-refractivity contribution in [1.29, 1.82) is 0 Å². The Labute approximate surface area is 151 Å². The lowest BCUT2D eigenvalue weighted by Gasteiger charge is -2.34. The summed E-state index contributed by atoms with van der Waals surface area (Å²) in [7, 11) is 0. The third-order valence-electron chi connectivity index (χ3n) is 5.57. The SMILES string of the molecule is Cc1cnc(C2CCOCC2)n1CC1CCCN(C(=O)CC(C)C)C1. The number of piperidine rings is 1. The van der Waals surface area contributed by atoms with Crippen LogP contribution in [0, 0.1) is 18.8 Å². The first kappa shape index (κ1) is 18.4. The first-order valence-corrected chi connectivity index (χ1v) is 9.92. The molecule has 2 aliphatic rings. The van der Waals surface area contributed by atoms with Crippen molar-refractivity contribution in [3.8, 4) is 0 Å². The van der Waals surface area contributed by atoms with E-state index in [9.17, 15) is 4.79 Å². The molecule has 1 aromatic rings. The first-order valence-electron chi connectivity index (χ1n) is 9.92. The zero-order valence-corrected chi connectivity index (χ0v) is 16.0. The second-order valence-corrected chi connectivity index (χ2v) is 8.20. The minimum absolute atomic E-state index is 0.326. The highest BCUT2D eigenvalue weighted by atomic mass is 16.5. The maximum Gasteiger partial charge on any atom is 0.222 e. The van der Waals surface area contributed by atoms with Crippen molar-refractivity contribution in [2.24, 2.45) is 11.8 Å². The van der Waals surface area contributed by atoms with Gasteiger partial charge in [-0.15, -0.1) is 0 Å². The van der Waals surface area contributed by atoms with Crippen LogP contribution >= 0.6 is 0 Å². The van der Waals surface area contributed by atoms with Crippen molar-refractivity contribution in [2.45, 2.75) is 65.3 Å². The van der Waals surface area contributed by atoms with Crippen molar-refractivity contribution in [3.63, 3.8) is 0 Å². The number of rotatable bonds is 5. The van der Waals surface area contributed by atoms with Crippen molar-refractivity contribution in [1.82, 2.24) is 14.5 Å². The van der Waals surface area contributed by atoms with Crippen LogP contribution in [0.1, 0.15) is 63.4 Å². The van der Waals surface area contributed by atoms with E-state index in [4.69, 9.17) is 9.72 Å². The van der Waals surface area contributed by atoms with Crippen molar-refractivity contribution in [3.05, 3.63) is 17.7 Å². The molecule has 2 aliphatic heterocycles. The van der Waals surface area contributed by atoms with Gasteiger partial charge in [0.25, 0.3) is 0 Å². The van der Waals surface area contributed by atoms with E-state index >= 15 is 0 Å². The Balaban J connectivity index is 1.65. The summed E-state index contributed by atoms with van der Waals surface area (Å²) in [6.07, 6.45) is 7.14. The Morgan fingerprint density at radius 3 is 2.80 bits per heavy atom. The van der Waals surface area contributed by atoms with Crippen LogP contribution in [0.5, 0.6) is 0 Å². The van der Waals surface area contributed by atoms with Crippen LogP contribution in [0.15, 0.2) is 6.20 Å². The fraction of sp³-hybridized carbons (Fsp3) is 0.800. The predicted molar refractivity (Wildman–Crippen MR) is 98.5 cm³/mol. The molecule has 25 heavy (non-hydrogen) atoms. The van der Waals surface area contributed by atoms with Gasteiger partial charge in [0, 0.05) is 57.1 Å². The van der Waals surface area contributed by atoms with E-state index in [1.165, 1.54) is 17.9 Å². The molecule has 0 bridgehead atoms. The molecule has 0 aromatic carbocycles. The normalized spacial score (nSPS) is 22.6. The Morgan fingerprint density at radius 1 is 1.32 bits per heavy atom. The van der Waals surface area contributed by atoms with Crippen molar-refractivity contribution < 1.29 is 9.53 Å². The molecule has 1 unspecified atom stereocenters. The Bertz CT molecular complexity index is 575. The van der Waals surface area contributed by atoms with E-state index in [0.717, 1.165) is 52.1 Å². The Morgan fingerprint density at radius 2 is 2.08 bits per heavy atom. The number of imidazole rings is 1. The monoisotopic (exact) mass is 347 g/mol. The van der Waals surface area contributed by atoms with E-state index in [1.54, 1.807) is 0 Å². The number of carbonyl (C=O) groups is 1. The molecular formula is C20H33N3O2. The smallest absolute Gasteiger partial charge is 0.222 e. The summed E-state index contributed by atoms with van der Waals surface area (Å²) in [5.74, 6) is 3.04. The molecule has 2 fully saturated rings. The molecule has 3 heterocycles. The molecule has 0 aliphatic carbocycles. The van der Waals surface area contributed by atoms with Crippen LogP contribution in [-0.4, -0.2) is 46.7 Å². The van der Waals surface area contributed by atoms with Crippen LogP contribution in [0.3, 0.4) is 0 Å². The van der Waals surface area contributed by atoms with Crippen molar-refractivity contribution >= 4 is 5.91 Å². The topological polar surface area (TPSA) is 47.4 Å². The number of likely N-dealkylation sites (tertiary alicyclic amines) is 1. The van der Waals surface area contributed by atoms with Gasteiger partial charge in [0.1, 0.15) is 5.82 Å². The Kier molecular flexibility index (Phi) is 6.15. The lowest BCUT2D eigenvalue weighted by molar-refractivity contribution is -0.133. The minimum atomic E-state index is 0.326. The van der Waals surface area contributed by atoms with Gasteiger partial charge < -0.3 is 14.2 Å². The first-order chi connectivity index (χ1) is 12.0. The largest absolute Gasteiger partial charge is 0.381 e. The average molecular weight is 348 g/mol. The zero-order chi connectivity index (χ0) is 17.8. The van der Waals surface area contributed by atoms with Crippen LogP contribution in [0.25, 0.3) is 0 Å². The molecule has 1 amide bonds. The van der Waals surface area contributed by atoms with E-state index in [0.29, 0.717) is 30.1 Å². The van der Waals surface area contributed by atoms with Gasteiger partial charge in [-0.2, -0.15) is 0 Å². The van der Waals surface area contributed by atoms with Gasteiger partial charge >= 0.3 is 0 Å². The van der Waals surface area contributed by atoms with Gasteiger partial charge in [-0.1, -0.05) is 13.8 Å². The van der Waals surface area contributed by atoms with Gasteiger partial charge in [0.05, 0.1) is 0 Å². The number of carbonyl (C=O) groups excluding carboxylic acids is 1. The maximum atomic E-state index is 12.4. The van der Waals surface area contributed by atoms with Crippen LogP contribution in [0.2, 0.25) is 0 Å². The number of hydrogen-bond donors (Lipinski definition) is 0. The molecule has 0 saturated carbocycles. The standard InChI is InChI=1S/C20H33N3O2/c1-15(2)11-19(24)22-8-4-5-17(13-22)14-23-16(3)12-21-20(23)18-6-9-25-10-7-18/h12,15,17-18H,4-11,13-14H2,1-3H3. The highest BCUT2D eigenvalue weighted by molar-refractivity contribution is 5.76. The van der Waals surface area contributed by atoms with Crippen molar-refractivity contribution in [2.75, 3.05) is 26.3 Å². The van der Waals surface area contributed by atoms with Gasteiger partial charge in [-0.05, 0) is 44.4 Å². The zero-order valence-electron chi connectivity index (χ0n) is 16.0. The maximum absolute atomic E-state index is 12.4. The molecule has 3 rings (SSSR count). The van der Waals surface area contributed by atoms with E-state index < -0.39 is 0 Å². The average Bonchev–Trinajstić information content (AvgIpc) is 2.96. The van der Waals surface area contributed by atoms with Gasteiger partial charge in [-0.3, -0.25) is 4.79 Å². The second kappa shape index (κ2) is 8.35. The molecule has 1 atom stereocenters. The summed E-state index contributed by atoms with van der Waals surface area (Å²) in [4.78, 5) is 19.2. The lowest BCUT2D eigenvalue weighted by Crippen LogP contribution is -2.41. The van der Waals surface area contributed by atoms with Gasteiger partial charge in [0.2, 0.25) is 5.91 Å². The van der Waals surface area contributed by atoms with Crippen LogP contribution in [0.4, 0.5) is 0 Å². The fourth-order valence-electron chi connectivity index (χ4n) is 4.18. The number of nitrogens with zero attached hydrogens (tertiary/aromatic N) is 3. The number of ether oxygens (including phenoxy) is 1. The molecule has 5 nitrogen and oxygen atoms in total. The highest BCUT2D eigenvalue weighted by Crippen LogP contribution is 2.28. The summed E-state index contributed by atoms with van der Waals surface area (Å²) >= 11 is 0. The summed E-state index contributed by atoms with van der Waals surface area (Å²) in [6.45, 7) is 10.9. The molecule has 0 N–H and O–H groups in total. The third-order valence-corrected chi connectivity index (χ3v) is 5.57. The second-order valence-electron chi connectivity index (χ2n) is 8.20. The number of amides is 1. The number of hydrogen-bond acceptors (Lipinski definition) is 3. The summed E-state index contributed by atoms with van der Waals surface area (Å²) in [5.41, 5.74) is 1.24. The Hall–Kier alpha value is -1.36. The molecule has 2 saturated heterocycles. The van der Waals surface area contributed by atoms with Crippen LogP contribution in [-0.2, 0) is 16.1 Å². The highest BCUT2D eigenvalue weighted by Gasteiger charge is 2.27. The summed E-state index contributed by atoms with van der Waals surface area (Å²) < 4.78 is 7.92. The van der Waals surface area contributed by atoms with Gasteiger partial charge in [-0.25, -0.2) is 4.98 Å². The third kappa shape index (κ3) is 4.63. The molecule has 5 heteroatoms. The molecule has 0 radical (unpaired) electrons. The van der Waals surface area contributed by atoms with E-state index in [2.05, 4.69) is 30.2 Å². The van der Waals surface area contributed by atoms with E-state index in [1.807, 2.05) is 6.20 Å². The van der Waals surface area contributed by atoms with Gasteiger partial charge in [0.15, 0.2) is 0 Å². The summed E-state index contributed by atoms with van der Waals surface area (Å²) in [5, 5.41) is 0. The molecular weight excluding hydrogens is 314 g/mol. The summed E-state index contributed by atoms with van der Waals surface area (Å²) in [6, 6.07) is 0. The minimum Gasteiger partial charge on any atom is -0.381 e. The quantitative estimate of drug-likeness (QED) is 0.820. The lowest BCUT2D eigenvalue weighted by atomic mass is 9.95. The predicted octanol–water partition coefficient (Wildman–Crippen LogP) is 3.37. The van der Waals surface area contributed by atoms with E-state index in [-0.39, 0.29) is 0 Å².